The Hall–Kier alpha value is -4.17. The van der Waals surface area contributed by atoms with Crippen molar-refractivity contribution in [2.75, 3.05) is 32.8 Å². The van der Waals surface area contributed by atoms with Gasteiger partial charge >= 0.3 is 12.1 Å². The van der Waals surface area contributed by atoms with Crippen molar-refractivity contribution < 1.29 is 24.2 Å². The second kappa shape index (κ2) is 11.6. The third kappa shape index (κ3) is 5.51. The molecule has 2 saturated heterocycles. The summed E-state index contributed by atoms with van der Waals surface area (Å²) in [5.41, 5.74) is 4.46. The lowest BCUT2D eigenvalue weighted by molar-refractivity contribution is -0.149. The number of hydrogen-bond donors (Lipinski definition) is 2. The average Bonchev–Trinajstić information content (AvgIpc) is 3.55. The minimum absolute atomic E-state index is 0.0529. The van der Waals surface area contributed by atoms with E-state index in [1.807, 2.05) is 61.5 Å². The van der Waals surface area contributed by atoms with Crippen molar-refractivity contribution in [2.24, 2.45) is 11.8 Å². The van der Waals surface area contributed by atoms with Crippen LogP contribution in [0.5, 0.6) is 0 Å². The van der Waals surface area contributed by atoms with E-state index in [1.54, 1.807) is 4.90 Å². The lowest BCUT2D eigenvalue weighted by Gasteiger charge is -2.40. The zero-order valence-electron chi connectivity index (χ0n) is 23.9. The zero-order valence-corrected chi connectivity index (χ0v) is 23.9. The Labute approximate surface area is 246 Å². The highest BCUT2D eigenvalue weighted by atomic mass is 16.5. The summed E-state index contributed by atoms with van der Waals surface area (Å²) in [5, 5.41) is 12.7. The number of ether oxygens (including phenoxy) is 1. The highest BCUT2D eigenvalue weighted by Gasteiger charge is 2.49. The number of nitrogens with zero attached hydrogens (tertiary/aromatic N) is 2. The fraction of sp³-hybridized carbons (Fsp3) is 0.382. The van der Waals surface area contributed by atoms with Crippen molar-refractivity contribution >= 4 is 18.0 Å². The Kier molecular flexibility index (Phi) is 7.73. The van der Waals surface area contributed by atoms with Crippen molar-refractivity contribution in [3.05, 3.63) is 95.6 Å². The predicted octanol–water partition coefficient (Wildman–Crippen LogP) is 4.74. The number of carbonyl (C=O) groups is 3. The van der Waals surface area contributed by atoms with Crippen LogP contribution in [0.4, 0.5) is 4.79 Å². The molecule has 42 heavy (non-hydrogen) atoms. The van der Waals surface area contributed by atoms with Crippen LogP contribution < -0.4 is 5.32 Å². The molecule has 2 heterocycles. The number of hydrogen-bond acceptors (Lipinski definition) is 5. The number of aliphatic carboxylic acids is 1. The van der Waals surface area contributed by atoms with Crippen LogP contribution in [-0.2, 0) is 20.9 Å². The minimum Gasteiger partial charge on any atom is -0.481 e. The Morgan fingerprint density at radius 2 is 1.57 bits per heavy atom. The van der Waals surface area contributed by atoms with Gasteiger partial charge in [0.25, 0.3) is 0 Å². The topological polar surface area (TPSA) is 99.2 Å². The van der Waals surface area contributed by atoms with Crippen molar-refractivity contribution in [3.8, 4) is 11.1 Å². The summed E-state index contributed by atoms with van der Waals surface area (Å²) in [7, 11) is 0. The summed E-state index contributed by atoms with van der Waals surface area (Å²) in [6, 6.07) is 26.4. The molecule has 2 aliphatic heterocycles. The van der Waals surface area contributed by atoms with E-state index in [-0.39, 0.29) is 30.9 Å². The highest BCUT2D eigenvalue weighted by Crippen LogP contribution is 2.44. The maximum Gasteiger partial charge on any atom is 0.408 e. The van der Waals surface area contributed by atoms with Crippen LogP contribution in [0.15, 0.2) is 78.9 Å². The molecule has 0 spiro atoms. The van der Waals surface area contributed by atoms with Crippen molar-refractivity contribution in [3.63, 3.8) is 0 Å². The first-order valence-electron chi connectivity index (χ1n) is 14.7. The number of alkyl carbamates (subject to hydrolysis) is 1. The van der Waals surface area contributed by atoms with Gasteiger partial charge < -0.3 is 20.1 Å². The number of nitrogens with one attached hydrogen (secondary N) is 1. The quantitative estimate of drug-likeness (QED) is 0.428. The second-order valence-corrected chi connectivity index (χ2v) is 12.1. The number of carbonyl (C=O) groups excluding carboxylic acids is 2. The van der Waals surface area contributed by atoms with Crippen molar-refractivity contribution in [2.45, 2.75) is 37.8 Å². The third-order valence-electron chi connectivity index (χ3n) is 8.99. The molecular formula is C34H37N3O5. The molecule has 0 aromatic heterocycles. The van der Waals surface area contributed by atoms with Gasteiger partial charge in [0.1, 0.15) is 12.1 Å². The number of likely N-dealkylation sites (tertiary alicyclic amines) is 2. The Morgan fingerprint density at radius 1 is 0.929 bits per heavy atom. The molecule has 6 rings (SSSR count). The van der Waals surface area contributed by atoms with Crippen LogP contribution >= 0.6 is 0 Å². The van der Waals surface area contributed by atoms with Gasteiger partial charge in [-0.25, -0.2) is 4.79 Å². The maximum absolute atomic E-state index is 14.2. The lowest BCUT2D eigenvalue weighted by Crippen LogP contribution is -2.63. The van der Waals surface area contributed by atoms with Gasteiger partial charge in [-0.2, -0.15) is 0 Å². The molecule has 0 saturated carbocycles. The van der Waals surface area contributed by atoms with Gasteiger partial charge in [-0.3, -0.25) is 14.5 Å². The van der Waals surface area contributed by atoms with Gasteiger partial charge in [-0.05, 0) is 46.6 Å². The summed E-state index contributed by atoms with van der Waals surface area (Å²) < 4.78 is 5.86. The largest absolute Gasteiger partial charge is 0.481 e. The second-order valence-electron chi connectivity index (χ2n) is 12.1. The van der Waals surface area contributed by atoms with Crippen molar-refractivity contribution in [1.29, 1.82) is 0 Å². The third-order valence-corrected chi connectivity index (χ3v) is 8.99. The van der Waals surface area contributed by atoms with Crippen LogP contribution in [0.3, 0.4) is 0 Å². The lowest BCUT2D eigenvalue weighted by atomic mass is 9.88. The van der Waals surface area contributed by atoms with Crippen LogP contribution in [0.2, 0.25) is 0 Å². The number of rotatable bonds is 7. The highest BCUT2D eigenvalue weighted by molar-refractivity contribution is 5.91. The van der Waals surface area contributed by atoms with E-state index in [0.717, 1.165) is 27.8 Å². The van der Waals surface area contributed by atoms with Gasteiger partial charge in [-0.1, -0.05) is 85.8 Å². The first kappa shape index (κ1) is 28.0. The summed E-state index contributed by atoms with van der Waals surface area (Å²) in [4.78, 5) is 43.3. The number of piperidine rings is 1. The van der Waals surface area contributed by atoms with Crippen LogP contribution in [0, 0.1) is 11.8 Å². The maximum atomic E-state index is 14.2. The van der Waals surface area contributed by atoms with Crippen LogP contribution in [0.25, 0.3) is 11.1 Å². The Bertz CT molecular complexity index is 1430. The van der Waals surface area contributed by atoms with Crippen LogP contribution in [0.1, 0.15) is 42.4 Å². The van der Waals surface area contributed by atoms with Gasteiger partial charge in [0, 0.05) is 38.6 Å². The van der Waals surface area contributed by atoms with E-state index in [2.05, 4.69) is 34.5 Å². The van der Waals surface area contributed by atoms with Gasteiger partial charge in [0.05, 0.1) is 5.92 Å². The minimum atomic E-state index is -1.20. The molecule has 8 nitrogen and oxygen atoms in total. The SMILES string of the molecule is CC1CC(C(=O)O)CN(C(=O)C2(NC(=O)OCC3c4ccccc4-c4ccccc43)CCN(Cc3ccccc3)C2)C1. The molecule has 3 unspecified atom stereocenters. The average molecular weight is 568 g/mol. The molecule has 3 aliphatic rings. The molecule has 3 aromatic rings. The molecular weight excluding hydrogens is 530 g/mol. The molecule has 2 fully saturated rings. The van der Waals surface area contributed by atoms with E-state index >= 15 is 0 Å². The van der Waals surface area contributed by atoms with Gasteiger partial charge in [0.15, 0.2) is 0 Å². The van der Waals surface area contributed by atoms with Gasteiger partial charge in [0.2, 0.25) is 5.91 Å². The Balaban J connectivity index is 1.20. The van der Waals surface area contributed by atoms with E-state index in [4.69, 9.17) is 4.74 Å². The standard InChI is InChI=1S/C34H37N3O5/c1-23-17-25(31(38)39)20-37(18-23)32(40)34(15-16-36(22-34)19-24-9-3-2-4-10-24)35-33(41)42-21-30-28-13-7-5-11-26(28)27-12-6-8-14-29(27)30/h2-14,23,25,30H,15-22H2,1H3,(H,35,41)(H,38,39). The number of benzene rings is 3. The molecule has 3 aromatic carbocycles. The summed E-state index contributed by atoms with van der Waals surface area (Å²) in [5.74, 6) is -1.78. The molecule has 1 aliphatic carbocycles. The molecule has 2 amide bonds. The first-order chi connectivity index (χ1) is 20.3. The van der Waals surface area contributed by atoms with Crippen LogP contribution in [-0.4, -0.2) is 71.2 Å². The van der Waals surface area contributed by atoms with E-state index in [9.17, 15) is 19.5 Å². The molecule has 218 valence electrons. The number of carboxylic acids is 1. The monoisotopic (exact) mass is 567 g/mol. The summed E-state index contributed by atoms with van der Waals surface area (Å²) >= 11 is 0. The van der Waals surface area contributed by atoms with Gasteiger partial charge in [-0.15, -0.1) is 0 Å². The smallest absolute Gasteiger partial charge is 0.408 e. The fourth-order valence-electron chi connectivity index (χ4n) is 7.02. The summed E-state index contributed by atoms with van der Waals surface area (Å²) in [6.07, 6.45) is 0.323. The van der Waals surface area contributed by atoms with Crippen molar-refractivity contribution in [1.82, 2.24) is 15.1 Å². The fourth-order valence-corrected chi connectivity index (χ4v) is 7.02. The van der Waals surface area contributed by atoms with E-state index in [1.165, 1.54) is 0 Å². The Morgan fingerprint density at radius 3 is 2.24 bits per heavy atom. The van der Waals surface area contributed by atoms with E-state index in [0.29, 0.717) is 39.0 Å². The molecule has 0 bridgehead atoms. The first-order valence-corrected chi connectivity index (χ1v) is 14.7. The molecule has 3 atom stereocenters. The predicted molar refractivity (Wildman–Crippen MR) is 159 cm³/mol. The summed E-state index contributed by atoms with van der Waals surface area (Å²) in [6.45, 7) is 4.33. The number of amides is 2. The number of fused-ring (bicyclic) bond motifs is 3. The molecule has 2 N–H and O–H groups in total. The zero-order chi connectivity index (χ0) is 29.3. The van der Waals surface area contributed by atoms with E-state index < -0.39 is 23.5 Å². The number of carboxylic acid groups (broad SMARTS) is 1. The normalized spacial score (nSPS) is 23.7. The molecule has 0 radical (unpaired) electrons. The molecule has 8 heteroatoms.